The average molecular weight is 350 g/mol. The Labute approximate surface area is 130 Å². The zero-order valence-corrected chi connectivity index (χ0v) is 15.5. The normalized spacial score (nSPS) is 12.0. The van der Waals surface area contributed by atoms with Crippen LogP contribution in [-0.2, 0) is 0 Å². The topological polar surface area (TPSA) is 49.7 Å². The molecule has 116 valence electrons. The standard InChI is InChI=1S/C17H27GeNO2/c1-4-18(5-2,6-3)12-7-13-19-14-15-8-10-16(11-9-15)17(20)21/h8-11,14H,4-7,12-13H2,1-3H3,(H,20,21). The van der Waals surface area contributed by atoms with Crippen LogP contribution < -0.4 is 0 Å². The number of aromatic carboxylic acids is 1. The Hall–Kier alpha value is -1.10. The molecule has 1 aromatic rings. The van der Waals surface area contributed by atoms with Gasteiger partial charge in [0.2, 0.25) is 0 Å². The van der Waals surface area contributed by atoms with Gasteiger partial charge in [-0.3, -0.25) is 0 Å². The van der Waals surface area contributed by atoms with E-state index in [2.05, 4.69) is 25.8 Å². The van der Waals surface area contributed by atoms with E-state index in [1.54, 1.807) is 24.3 Å². The second-order valence-corrected chi connectivity index (χ2v) is 17.4. The Morgan fingerprint density at radius 1 is 1.14 bits per heavy atom. The first kappa shape index (κ1) is 18.0. The van der Waals surface area contributed by atoms with E-state index < -0.39 is 19.2 Å². The van der Waals surface area contributed by atoms with Crippen LogP contribution in [0, 0.1) is 0 Å². The van der Waals surface area contributed by atoms with Gasteiger partial charge in [0.25, 0.3) is 0 Å². The predicted molar refractivity (Wildman–Crippen MR) is 92.5 cm³/mol. The molecule has 0 bridgehead atoms. The van der Waals surface area contributed by atoms with Crippen molar-refractivity contribution in [3.8, 4) is 0 Å². The predicted octanol–water partition coefficient (Wildman–Crippen LogP) is 4.70. The Kier molecular flexibility index (Phi) is 7.72. The van der Waals surface area contributed by atoms with Crippen molar-refractivity contribution in [2.45, 2.75) is 48.2 Å². The second kappa shape index (κ2) is 9.03. The summed E-state index contributed by atoms with van der Waals surface area (Å²) in [6, 6.07) is 6.85. The third kappa shape index (κ3) is 5.66. The molecule has 0 radical (unpaired) electrons. The molecule has 0 unspecified atom stereocenters. The van der Waals surface area contributed by atoms with Crippen molar-refractivity contribution in [1.29, 1.82) is 0 Å². The molecule has 0 aliphatic rings. The van der Waals surface area contributed by atoms with Crippen LogP contribution in [0.4, 0.5) is 0 Å². The van der Waals surface area contributed by atoms with E-state index in [1.807, 2.05) is 6.21 Å². The molecule has 0 saturated carbocycles. The zero-order chi connectivity index (χ0) is 15.7. The summed E-state index contributed by atoms with van der Waals surface area (Å²) >= 11 is -1.53. The van der Waals surface area contributed by atoms with Crippen LogP contribution in [0.1, 0.15) is 43.1 Å². The fourth-order valence-corrected chi connectivity index (χ4v) is 9.99. The Balaban J connectivity index is 2.43. The molecular formula is C17H27GeNO2. The molecule has 21 heavy (non-hydrogen) atoms. The van der Waals surface area contributed by atoms with Crippen LogP contribution in [0.15, 0.2) is 29.3 Å². The summed E-state index contributed by atoms with van der Waals surface area (Å²) in [5.41, 5.74) is 1.29. The maximum atomic E-state index is 10.8. The molecule has 4 heteroatoms. The van der Waals surface area contributed by atoms with Crippen LogP contribution in [0.3, 0.4) is 0 Å². The molecule has 0 spiro atoms. The van der Waals surface area contributed by atoms with Gasteiger partial charge < -0.3 is 0 Å². The first-order valence-electron chi connectivity index (χ1n) is 7.90. The van der Waals surface area contributed by atoms with Gasteiger partial charge in [0.15, 0.2) is 0 Å². The van der Waals surface area contributed by atoms with Gasteiger partial charge in [0, 0.05) is 0 Å². The molecule has 0 aliphatic carbocycles. The van der Waals surface area contributed by atoms with E-state index in [0.717, 1.165) is 12.1 Å². The van der Waals surface area contributed by atoms with Gasteiger partial charge in [-0.05, 0) is 0 Å². The molecule has 3 nitrogen and oxygen atoms in total. The minimum atomic E-state index is -1.53. The molecule has 0 aromatic heterocycles. The summed E-state index contributed by atoms with van der Waals surface area (Å²) in [6.45, 7) is 7.97. The van der Waals surface area contributed by atoms with Crippen molar-refractivity contribution >= 4 is 25.4 Å². The van der Waals surface area contributed by atoms with Crippen LogP contribution >= 0.6 is 0 Å². The minimum absolute atomic E-state index is 0.318. The molecule has 1 aromatic carbocycles. The summed E-state index contributed by atoms with van der Waals surface area (Å²) in [4.78, 5) is 15.2. The number of hydrogen-bond acceptors (Lipinski definition) is 2. The monoisotopic (exact) mass is 351 g/mol. The first-order valence-corrected chi connectivity index (χ1v) is 13.8. The molecule has 0 saturated heterocycles. The van der Waals surface area contributed by atoms with E-state index in [9.17, 15) is 4.79 Å². The average Bonchev–Trinajstić information content (AvgIpc) is 2.52. The molecule has 0 aliphatic heterocycles. The Morgan fingerprint density at radius 3 is 2.19 bits per heavy atom. The van der Waals surface area contributed by atoms with Gasteiger partial charge in [-0.25, -0.2) is 0 Å². The fraction of sp³-hybridized carbons (Fsp3) is 0.529. The number of aliphatic imine (C=N–C) groups is 1. The molecule has 1 rings (SSSR count). The molecule has 0 amide bonds. The summed E-state index contributed by atoms with van der Waals surface area (Å²) in [5, 5.41) is 14.5. The summed E-state index contributed by atoms with van der Waals surface area (Å²) in [5.74, 6) is -0.889. The van der Waals surface area contributed by atoms with Gasteiger partial charge in [-0.2, -0.15) is 0 Å². The van der Waals surface area contributed by atoms with Crippen molar-refractivity contribution in [3.63, 3.8) is 0 Å². The second-order valence-electron chi connectivity index (χ2n) is 5.63. The number of carboxylic acids is 1. The van der Waals surface area contributed by atoms with E-state index in [4.69, 9.17) is 5.11 Å². The number of nitrogens with zero attached hydrogens (tertiary/aromatic N) is 1. The van der Waals surface area contributed by atoms with Crippen LogP contribution in [0.25, 0.3) is 0 Å². The third-order valence-corrected chi connectivity index (χ3v) is 17.1. The molecule has 0 fully saturated rings. The molecule has 0 atom stereocenters. The van der Waals surface area contributed by atoms with Crippen molar-refractivity contribution in [1.82, 2.24) is 0 Å². The van der Waals surface area contributed by atoms with E-state index in [1.165, 1.54) is 27.4 Å². The van der Waals surface area contributed by atoms with Crippen LogP contribution in [0.2, 0.25) is 21.0 Å². The van der Waals surface area contributed by atoms with E-state index >= 15 is 0 Å². The van der Waals surface area contributed by atoms with Crippen molar-refractivity contribution in [2.75, 3.05) is 6.54 Å². The van der Waals surface area contributed by atoms with E-state index in [0.29, 0.717) is 5.56 Å². The summed E-state index contributed by atoms with van der Waals surface area (Å²) in [7, 11) is 0. The maximum absolute atomic E-state index is 10.8. The van der Waals surface area contributed by atoms with Crippen molar-refractivity contribution in [2.24, 2.45) is 4.99 Å². The number of hydrogen-bond donors (Lipinski definition) is 1. The number of rotatable bonds is 9. The van der Waals surface area contributed by atoms with Crippen LogP contribution in [0.5, 0.6) is 0 Å². The van der Waals surface area contributed by atoms with Crippen molar-refractivity contribution in [3.05, 3.63) is 35.4 Å². The van der Waals surface area contributed by atoms with Crippen LogP contribution in [-0.4, -0.2) is 37.1 Å². The molecule has 0 heterocycles. The fourth-order valence-electron chi connectivity index (χ4n) is 2.71. The zero-order valence-electron chi connectivity index (χ0n) is 13.4. The molecular weight excluding hydrogens is 323 g/mol. The SMILES string of the molecule is C[CH2][Ge]([CH2]C)([CH2]C)[CH2]CCN=Cc1ccc(C(=O)O)cc1. The Morgan fingerprint density at radius 2 is 1.71 bits per heavy atom. The third-order valence-electron chi connectivity index (χ3n) is 4.64. The summed E-state index contributed by atoms with van der Waals surface area (Å²) < 4.78 is 0. The number of carbonyl (C=O) groups is 1. The van der Waals surface area contributed by atoms with Gasteiger partial charge in [-0.1, -0.05) is 0 Å². The van der Waals surface area contributed by atoms with Gasteiger partial charge >= 0.3 is 130 Å². The summed E-state index contributed by atoms with van der Waals surface area (Å²) in [6.07, 6.45) is 3.05. The Bertz CT molecular complexity index is 456. The number of carboxylic acid groups (broad SMARTS) is 1. The van der Waals surface area contributed by atoms with E-state index in [-0.39, 0.29) is 0 Å². The van der Waals surface area contributed by atoms with Gasteiger partial charge in [-0.15, -0.1) is 0 Å². The van der Waals surface area contributed by atoms with Crippen molar-refractivity contribution < 1.29 is 9.90 Å². The van der Waals surface area contributed by atoms with Gasteiger partial charge in [0.05, 0.1) is 0 Å². The number of benzene rings is 1. The quantitative estimate of drug-likeness (QED) is 0.399. The molecule has 1 N–H and O–H groups in total. The van der Waals surface area contributed by atoms with Gasteiger partial charge in [0.1, 0.15) is 0 Å². The first-order chi connectivity index (χ1) is 10.1.